The zero-order chi connectivity index (χ0) is 24.5. The summed E-state index contributed by atoms with van der Waals surface area (Å²) in [6.45, 7) is 4.26. The van der Waals surface area contributed by atoms with E-state index in [9.17, 15) is 14.4 Å². The first-order valence-corrected chi connectivity index (χ1v) is 12.3. The Labute approximate surface area is 205 Å². The molecule has 8 nitrogen and oxygen atoms in total. The minimum absolute atomic E-state index is 0.0833. The Morgan fingerprint density at radius 2 is 2.03 bits per heavy atom. The number of hydrogen-bond donors (Lipinski definition) is 1. The zero-order valence-corrected chi connectivity index (χ0v) is 20.0. The van der Waals surface area contributed by atoms with Crippen LogP contribution in [0.5, 0.6) is 5.75 Å². The van der Waals surface area contributed by atoms with Gasteiger partial charge in [-0.1, -0.05) is 5.92 Å². The van der Waals surface area contributed by atoms with Gasteiger partial charge in [-0.05, 0) is 61.9 Å². The van der Waals surface area contributed by atoms with Crippen molar-refractivity contribution in [2.24, 2.45) is 4.99 Å². The van der Waals surface area contributed by atoms with Crippen molar-refractivity contribution in [1.82, 2.24) is 15.1 Å². The van der Waals surface area contributed by atoms with E-state index in [1.165, 1.54) is 11.8 Å². The van der Waals surface area contributed by atoms with Crippen LogP contribution in [0.3, 0.4) is 0 Å². The monoisotopic (exact) mass is 474 g/mol. The fourth-order valence-corrected chi connectivity index (χ4v) is 5.77. The van der Waals surface area contributed by atoms with Crippen molar-refractivity contribution >= 4 is 23.9 Å². The number of carbonyl (C=O) groups is 3. The third kappa shape index (κ3) is 4.61. The van der Waals surface area contributed by atoms with E-state index in [1.807, 2.05) is 12.1 Å². The molecule has 3 heterocycles. The van der Waals surface area contributed by atoms with Crippen molar-refractivity contribution in [2.45, 2.75) is 70.2 Å². The normalized spacial score (nSPS) is 27.4. The van der Waals surface area contributed by atoms with E-state index >= 15 is 0 Å². The quantitative estimate of drug-likeness (QED) is 0.402. The fraction of sp³-hybridized carbons (Fsp3) is 0.481. The number of terminal acetylenes is 1. The van der Waals surface area contributed by atoms with Gasteiger partial charge in [0, 0.05) is 49.8 Å². The maximum Gasteiger partial charge on any atom is 0.255 e. The second-order valence-electron chi connectivity index (χ2n) is 9.75. The highest BCUT2D eigenvalue weighted by Gasteiger charge is 2.40. The van der Waals surface area contributed by atoms with E-state index in [0.717, 1.165) is 55.8 Å². The molecular weight excluding hydrogens is 444 g/mol. The van der Waals surface area contributed by atoms with Gasteiger partial charge in [0.25, 0.3) is 5.91 Å². The third-order valence-corrected chi connectivity index (χ3v) is 7.53. The van der Waals surface area contributed by atoms with Crippen LogP contribution in [0.15, 0.2) is 34.5 Å². The lowest BCUT2D eigenvalue weighted by atomic mass is 10.0. The number of rotatable bonds is 5. The molecule has 3 aliphatic heterocycles. The number of aliphatic imine (C=N–C) groups is 1. The molecule has 5 rings (SSSR count). The molecule has 1 unspecified atom stereocenters. The van der Waals surface area contributed by atoms with Gasteiger partial charge >= 0.3 is 0 Å². The molecule has 3 amide bonds. The van der Waals surface area contributed by atoms with E-state index in [0.29, 0.717) is 24.6 Å². The third-order valence-electron chi connectivity index (χ3n) is 7.53. The van der Waals surface area contributed by atoms with E-state index in [-0.39, 0.29) is 24.3 Å². The molecule has 1 aromatic rings. The highest BCUT2D eigenvalue weighted by Crippen LogP contribution is 2.34. The number of nitrogens with zero attached hydrogens (tertiary/aromatic N) is 3. The summed E-state index contributed by atoms with van der Waals surface area (Å²) >= 11 is 0. The molecule has 182 valence electrons. The van der Waals surface area contributed by atoms with Gasteiger partial charge in [0.15, 0.2) is 0 Å². The van der Waals surface area contributed by atoms with Gasteiger partial charge in [-0.3, -0.25) is 29.6 Å². The number of imide groups is 1. The molecule has 0 bridgehead atoms. The minimum Gasteiger partial charge on any atom is -0.489 e. The first-order chi connectivity index (χ1) is 16.9. The number of carbonyl (C=O) groups excluding carboxylic acids is 3. The zero-order valence-electron chi connectivity index (χ0n) is 20.0. The van der Waals surface area contributed by atoms with E-state index < -0.39 is 11.9 Å². The van der Waals surface area contributed by atoms with E-state index in [1.54, 1.807) is 11.0 Å². The number of hydrogen-bond acceptors (Lipinski definition) is 6. The lowest BCUT2D eigenvalue weighted by Crippen LogP contribution is -2.52. The van der Waals surface area contributed by atoms with E-state index in [4.69, 9.17) is 11.2 Å². The number of fused-ring (bicyclic) bond motifs is 1. The average Bonchev–Trinajstić information content (AvgIpc) is 3.42. The van der Waals surface area contributed by atoms with Crippen LogP contribution < -0.4 is 10.1 Å². The van der Waals surface area contributed by atoms with Crippen molar-refractivity contribution in [3.05, 3.63) is 40.6 Å². The summed E-state index contributed by atoms with van der Waals surface area (Å²) in [7, 11) is 0. The summed E-state index contributed by atoms with van der Waals surface area (Å²) in [5.41, 5.74) is 3.79. The molecule has 0 radical (unpaired) electrons. The largest absolute Gasteiger partial charge is 0.489 e. The molecule has 8 heteroatoms. The van der Waals surface area contributed by atoms with Crippen molar-refractivity contribution in [3.8, 4) is 18.1 Å². The Bertz CT molecular complexity index is 1160. The Morgan fingerprint density at radius 1 is 1.17 bits per heavy atom. The molecule has 4 aliphatic rings. The summed E-state index contributed by atoms with van der Waals surface area (Å²) < 4.78 is 6.48. The Hall–Kier alpha value is -3.44. The SMILES string of the molecule is C#C/C=N\C1=C(C)CN([C@@H]2CCC[C@@H]2Oc2ccc3c(c2)CN(C2CCC(=O)NC2=O)C3=O)CC1. The number of piperidine rings is 1. The van der Waals surface area contributed by atoms with Crippen LogP contribution in [-0.2, 0) is 16.1 Å². The van der Waals surface area contributed by atoms with Gasteiger partial charge in [0.05, 0.1) is 6.21 Å². The molecule has 1 aliphatic carbocycles. The van der Waals surface area contributed by atoms with Crippen LogP contribution in [-0.4, -0.2) is 65.0 Å². The van der Waals surface area contributed by atoms with Crippen LogP contribution in [0.4, 0.5) is 0 Å². The maximum absolute atomic E-state index is 12.9. The van der Waals surface area contributed by atoms with Gasteiger partial charge in [-0.2, -0.15) is 0 Å². The second-order valence-corrected chi connectivity index (χ2v) is 9.75. The second kappa shape index (κ2) is 9.67. The average molecular weight is 475 g/mol. The Balaban J connectivity index is 1.26. The smallest absolute Gasteiger partial charge is 0.255 e. The van der Waals surface area contributed by atoms with Crippen LogP contribution in [0.25, 0.3) is 0 Å². The van der Waals surface area contributed by atoms with Crippen molar-refractivity contribution < 1.29 is 19.1 Å². The number of amides is 3. The number of nitrogens with one attached hydrogen (secondary N) is 1. The van der Waals surface area contributed by atoms with Crippen molar-refractivity contribution in [2.75, 3.05) is 13.1 Å². The molecule has 1 N–H and O–H groups in total. The number of ether oxygens (including phenoxy) is 1. The first-order valence-electron chi connectivity index (χ1n) is 12.3. The molecule has 0 spiro atoms. The van der Waals surface area contributed by atoms with Crippen molar-refractivity contribution in [1.29, 1.82) is 0 Å². The molecule has 35 heavy (non-hydrogen) atoms. The van der Waals surface area contributed by atoms with Gasteiger partial charge in [-0.15, -0.1) is 6.42 Å². The fourth-order valence-electron chi connectivity index (χ4n) is 5.77. The predicted molar refractivity (Wildman–Crippen MR) is 131 cm³/mol. The molecular formula is C27H30N4O4. The highest BCUT2D eigenvalue weighted by molar-refractivity contribution is 6.05. The lowest BCUT2D eigenvalue weighted by molar-refractivity contribution is -0.136. The van der Waals surface area contributed by atoms with Gasteiger partial charge in [-0.25, -0.2) is 0 Å². The van der Waals surface area contributed by atoms with Gasteiger partial charge in [0.2, 0.25) is 11.8 Å². The summed E-state index contributed by atoms with van der Waals surface area (Å²) in [6, 6.07) is 5.31. The van der Waals surface area contributed by atoms with Crippen LogP contribution in [0.2, 0.25) is 0 Å². The lowest BCUT2D eigenvalue weighted by Gasteiger charge is -2.36. The van der Waals surface area contributed by atoms with Crippen molar-refractivity contribution in [3.63, 3.8) is 0 Å². The van der Waals surface area contributed by atoms with Gasteiger partial charge < -0.3 is 9.64 Å². The molecule has 0 aromatic heterocycles. The highest BCUT2D eigenvalue weighted by atomic mass is 16.5. The molecule has 1 saturated heterocycles. The molecule has 1 aromatic carbocycles. The topological polar surface area (TPSA) is 91.3 Å². The van der Waals surface area contributed by atoms with Crippen LogP contribution >= 0.6 is 0 Å². The standard InChI is InChI=1S/C27H30N4O4/c1-3-12-28-21-11-13-30(15-17(21)2)22-5-4-6-24(22)35-19-7-8-20-18(14-19)16-31(27(20)34)23-9-10-25(32)29-26(23)33/h1,7-8,12,14,22-24H,4-6,9-11,13,15-16H2,2H3,(H,29,32,33)/b28-12-/t22-,23?,24+/m1/s1. The molecule has 3 atom stereocenters. The summed E-state index contributed by atoms with van der Waals surface area (Å²) in [5.74, 6) is 2.37. The summed E-state index contributed by atoms with van der Waals surface area (Å²) in [5, 5.41) is 2.34. The maximum atomic E-state index is 12.9. The predicted octanol–water partition coefficient (Wildman–Crippen LogP) is 2.43. The Kier molecular flexibility index (Phi) is 6.44. The van der Waals surface area contributed by atoms with Crippen LogP contribution in [0.1, 0.15) is 61.4 Å². The molecule has 2 fully saturated rings. The minimum atomic E-state index is -0.610. The number of benzene rings is 1. The summed E-state index contributed by atoms with van der Waals surface area (Å²) in [4.78, 5) is 45.2. The van der Waals surface area contributed by atoms with Crippen LogP contribution in [0, 0.1) is 12.3 Å². The first kappa shape index (κ1) is 23.3. The van der Waals surface area contributed by atoms with Gasteiger partial charge in [0.1, 0.15) is 17.9 Å². The Morgan fingerprint density at radius 3 is 2.80 bits per heavy atom. The summed E-state index contributed by atoms with van der Waals surface area (Å²) in [6.07, 6.45) is 11.6. The molecule has 1 saturated carbocycles. The van der Waals surface area contributed by atoms with E-state index in [2.05, 4.69) is 28.1 Å².